The van der Waals surface area contributed by atoms with Gasteiger partial charge in [-0.3, -0.25) is 4.90 Å². The molecule has 2 nitrogen and oxygen atoms in total. The highest BCUT2D eigenvalue weighted by Gasteiger charge is 2.46. The van der Waals surface area contributed by atoms with Gasteiger partial charge in [0.2, 0.25) is 0 Å². The van der Waals surface area contributed by atoms with Crippen LogP contribution in [0, 0.1) is 11.8 Å². The van der Waals surface area contributed by atoms with Gasteiger partial charge in [0.15, 0.2) is 0 Å². The minimum atomic E-state index is -0.436. The molecule has 2 fully saturated rings. The van der Waals surface area contributed by atoms with Crippen LogP contribution in [-0.4, -0.2) is 21.6 Å². The van der Waals surface area contributed by atoms with Crippen molar-refractivity contribution >= 4 is 0 Å². The predicted octanol–water partition coefficient (Wildman–Crippen LogP) is 5.41. The van der Waals surface area contributed by atoms with Crippen LogP contribution in [0.15, 0.2) is 60.7 Å². The lowest BCUT2D eigenvalue weighted by molar-refractivity contribution is -0.0460. The van der Waals surface area contributed by atoms with E-state index in [1.165, 1.54) is 36.8 Å². The minimum absolute atomic E-state index is 0.436. The van der Waals surface area contributed by atoms with E-state index in [4.69, 9.17) is 0 Å². The average Bonchev–Trinajstić information content (AvgIpc) is 3.55. The van der Waals surface area contributed by atoms with E-state index in [2.05, 4.69) is 72.5 Å². The third-order valence-corrected chi connectivity index (χ3v) is 6.90. The third kappa shape index (κ3) is 4.62. The number of rotatable bonds is 7. The fourth-order valence-corrected chi connectivity index (χ4v) is 4.98. The standard InChI is InChI=1S/C25H33NO/c1-25(27,22-12-13-22)23-14-16-24(17-15-23)26(18-20-8-4-2-5-9-20)19-21-10-6-3-7-11-21/h2-11,22-24,27H,12-19H2,1H3/t23?,24?,25-/m1/s1. The summed E-state index contributed by atoms with van der Waals surface area (Å²) in [5.41, 5.74) is 2.34. The Balaban J connectivity index is 1.44. The number of hydrogen-bond donors (Lipinski definition) is 1. The molecular weight excluding hydrogens is 330 g/mol. The van der Waals surface area contributed by atoms with Crippen molar-refractivity contribution in [3.63, 3.8) is 0 Å². The molecule has 0 aromatic heterocycles. The Morgan fingerprint density at radius 3 is 1.56 bits per heavy atom. The molecule has 2 aromatic carbocycles. The van der Waals surface area contributed by atoms with Crippen LogP contribution in [-0.2, 0) is 13.1 Å². The van der Waals surface area contributed by atoms with Crippen molar-refractivity contribution in [2.24, 2.45) is 11.8 Å². The summed E-state index contributed by atoms with van der Waals surface area (Å²) in [5.74, 6) is 1.04. The average molecular weight is 364 g/mol. The molecule has 0 unspecified atom stereocenters. The lowest BCUT2D eigenvalue weighted by atomic mass is 9.73. The second kappa shape index (κ2) is 8.16. The van der Waals surface area contributed by atoms with Gasteiger partial charge in [-0.05, 0) is 68.4 Å². The molecule has 1 N–H and O–H groups in total. The number of benzene rings is 2. The Kier molecular flexibility index (Phi) is 5.66. The normalized spacial score (nSPS) is 25.3. The molecule has 4 rings (SSSR count). The van der Waals surface area contributed by atoms with Gasteiger partial charge in [-0.15, -0.1) is 0 Å². The van der Waals surface area contributed by atoms with Gasteiger partial charge in [0, 0.05) is 19.1 Å². The molecule has 2 saturated carbocycles. The first-order valence-corrected chi connectivity index (χ1v) is 10.7. The molecule has 1 atom stereocenters. The van der Waals surface area contributed by atoms with Gasteiger partial charge in [-0.2, -0.15) is 0 Å². The zero-order valence-electron chi connectivity index (χ0n) is 16.6. The minimum Gasteiger partial charge on any atom is -0.390 e. The van der Waals surface area contributed by atoms with E-state index in [1.807, 2.05) is 0 Å². The highest BCUT2D eigenvalue weighted by Crippen LogP contribution is 2.48. The van der Waals surface area contributed by atoms with Crippen LogP contribution in [0.3, 0.4) is 0 Å². The number of nitrogens with zero attached hydrogens (tertiary/aromatic N) is 1. The highest BCUT2D eigenvalue weighted by atomic mass is 16.3. The summed E-state index contributed by atoms with van der Waals surface area (Å²) < 4.78 is 0. The van der Waals surface area contributed by atoms with Crippen LogP contribution in [0.5, 0.6) is 0 Å². The van der Waals surface area contributed by atoms with E-state index < -0.39 is 5.60 Å². The van der Waals surface area contributed by atoms with E-state index in [9.17, 15) is 5.11 Å². The molecule has 0 heterocycles. The monoisotopic (exact) mass is 363 g/mol. The molecule has 2 aliphatic carbocycles. The van der Waals surface area contributed by atoms with Crippen LogP contribution in [0.2, 0.25) is 0 Å². The third-order valence-electron chi connectivity index (χ3n) is 6.90. The van der Waals surface area contributed by atoms with Crippen molar-refractivity contribution in [2.45, 2.75) is 70.2 Å². The van der Waals surface area contributed by atoms with Gasteiger partial charge in [0.05, 0.1) is 5.60 Å². The summed E-state index contributed by atoms with van der Waals surface area (Å²) in [4.78, 5) is 2.66. The van der Waals surface area contributed by atoms with Gasteiger partial charge in [0.1, 0.15) is 0 Å². The molecule has 0 saturated heterocycles. The molecule has 0 radical (unpaired) electrons. The van der Waals surface area contributed by atoms with Gasteiger partial charge in [0.25, 0.3) is 0 Å². The maximum atomic E-state index is 11.0. The van der Waals surface area contributed by atoms with Gasteiger partial charge < -0.3 is 5.11 Å². The van der Waals surface area contributed by atoms with E-state index in [-0.39, 0.29) is 0 Å². The largest absolute Gasteiger partial charge is 0.390 e. The Bertz CT molecular complexity index is 658. The lowest BCUT2D eigenvalue weighted by Gasteiger charge is -2.42. The predicted molar refractivity (Wildman–Crippen MR) is 111 cm³/mol. The summed E-state index contributed by atoms with van der Waals surface area (Å²) in [6.45, 7) is 4.11. The molecule has 0 spiro atoms. The van der Waals surface area contributed by atoms with Crippen molar-refractivity contribution in [3.8, 4) is 0 Å². The van der Waals surface area contributed by atoms with Gasteiger partial charge in [-0.1, -0.05) is 60.7 Å². The Morgan fingerprint density at radius 2 is 1.15 bits per heavy atom. The lowest BCUT2D eigenvalue weighted by Crippen LogP contribution is -2.43. The van der Waals surface area contributed by atoms with Crippen molar-refractivity contribution < 1.29 is 5.11 Å². The number of aliphatic hydroxyl groups is 1. The number of hydrogen-bond acceptors (Lipinski definition) is 2. The maximum Gasteiger partial charge on any atom is 0.0675 e. The van der Waals surface area contributed by atoms with Crippen LogP contribution < -0.4 is 0 Å². The summed E-state index contributed by atoms with van der Waals surface area (Å²) in [5, 5.41) is 11.0. The molecule has 2 heteroatoms. The second-order valence-electron chi connectivity index (χ2n) is 8.88. The Morgan fingerprint density at radius 1 is 0.741 bits per heavy atom. The molecular formula is C25H33NO. The first kappa shape index (κ1) is 18.7. The van der Waals surface area contributed by atoms with Gasteiger partial charge >= 0.3 is 0 Å². The van der Waals surface area contributed by atoms with E-state index in [1.54, 1.807) is 0 Å². The smallest absolute Gasteiger partial charge is 0.0675 e. The molecule has 2 aromatic rings. The Labute approximate surface area is 164 Å². The fourth-order valence-electron chi connectivity index (χ4n) is 4.98. The van der Waals surface area contributed by atoms with E-state index in [0.717, 1.165) is 25.9 Å². The van der Waals surface area contributed by atoms with Crippen molar-refractivity contribution in [1.29, 1.82) is 0 Å². The molecule has 144 valence electrons. The zero-order valence-corrected chi connectivity index (χ0v) is 16.6. The van der Waals surface area contributed by atoms with E-state index >= 15 is 0 Å². The second-order valence-corrected chi connectivity index (χ2v) is 8.88. The highest BCUT2D eigenvalue weighted by molar-refractivity contribution is 5.17. The molecule has 0 amide bonds. The topological polar surface area (TPSA) is 23.5 Å². The van der Waals surface area contributed by atoms with E-state index in [0.29, 0.717) is 17.9 Å². The van der Waals surface area contributed by atoms with Crippen LogP contribution >= 0.6 is 0 Å². The zero-order chi connectivity index (χ0) is 18.7. The summed E-state index contributed by atoms with van der Waals surface area (Å²) >= 11 is 0. The fraction of sp³-hybridized carbons (Fsp3) is 0.520. The summed E-state index contributed by atoms with van der Waals surface area (Å²) in [6.07, 6.45) is 7.17. The first-order chi connectivity index (χ1) is 13.1. The van der Waals surface area contributed by atoms with Crippen LogP contribution in [0.1, 0.15) is 56.6 Å². The Hall–Kier alpha value is -1.64. The molecule has 27 heavy (non-hydrogen) atoms. The first-order valence-electron chi connectivity index (χ1n) is 10.7. The molecule has 0 aliphatic heterocycles. The summed E-state index contributed by atoms with van der Waals surface area (Å²) in [7, 11) is 0. The quantitative estimate of drug-likeness (QED) is 0.711. The van der Waals surface area contributed by atoms with Crippen molar-refractivity contribution in [3.05, 3.63) is 71.8 Å². The SMILES string of the molecule is C[C@](O)(C1CCC(N(Cc2ccccc2)Cc2ccccc2)CC1)C1CC1. The summed E-state index contributed by atoms with van der Waals surface area (Å²) in [6, 6.07) is 22.3. The van der Waals surface area contributed by atoms with Crippen molar-refractivity contribution in [2.75, 3.05) is 0 Å². The maximum absolute atomic E-state index is 11.0. The van der Waals surface area contributed by atoms with Crippen LogP contribution in [0.4, 0.5) is 0 Å². The molecule has 0 bridgehead atoms. The van der Waals surface area contributed by atoms with Gasteiger partial charge in [-0.25, -0.2) is 0 Å². The van der Waals surface area contributed by atoms with Crippen LogP contribution in [0.25, 0.3) is 0 Å². The molecule has 2 aliphatic rings. The van der Waals surface area contributed by atoms with Crippen molar-refractivity contribution in [1.82, 2.24) is 4.90 Å².